The number of carbonyl (C=O) groups excluding carboxylic acids is 1. The number of hydrogen-bond acceptors (Lipinski definition) is 3. The Morgan fingerprint density at radius 1 is 1.32 bits per heavy atom. The number of amides is 1. The van der Waals surface area contributed by atoms with Crippen molar-refractivity contribution < 1.29 is 4.79 Å². The van der Waals surface area contributed by atoms with Gasteiger partial charge in [0.15, 0.2) is 0 Å². The van der Waals surface area contributed by atoms with Crippen LogP contribution in [0.25, 0.3) is 0 Å². The lowest BCUT2D eigenvalue weighted by atomic mass is 9.71. The molecule has 0 radical (unpaired) electrons. The number of aromatic nitrogens is 1. The van der Waals surface area contributed by atoms with Crippen molar-refractivity contribution in [3.05, 3.63) is 27.1 Å². The van der Waals surface area contributed by atoms with Gasteiger partial charge in [-0.05, 0) is 46.8 Å². The van der Waals surface area contributed by atoms with Gasteiger partial charge in [0.1, 0.15) is 5.69 Å². The van der Waals surface area contributed by atoms with E-state index in [-0.39, 0.29) is 47.4 Å². The smallest absolute Gasteiger partial charge is 0.271 e. The minimum Gasteiger partial charge on any atom is -0.330 e. The first kappa shape index (κ1) is 21.4. The van der Waals surface area contributed by atoms with Crippen molar-refractivity contribution in [2.75, 3.05) is 11.9 Å². The number of nitrogens with one attached hydrogen (secondary N) is 2. The molecule has 0 aliphatic heterocycles. The summed E-state index contributed by atoms with van der Waals surface area (Å²) in [4.78, 5) is 26.4. The molecule has 8 heteroatoms. The minimum atomic E-state index is -0.299. The van der Waals surface area contributed by atoms with Crippen molar-refractivity contribution in [2.45, 2.75) is 38.5 Å². The van der Waals surface area contributed by atoms with E-state index >= 15 is 0 Å². The molecule has 5 nitrogen and oxygen atoms in total. The van der Waals surface area contributed by atoms with Crippen LogP contribution in [0.15, 0.2) is 21.5 Å². The first-order valence-electron chi connectivity index (χ1n) is 6.93. The molecule has 126 valence electrons. The Morgan fingerprint density at radius 2 is 1.95 bits per heavy atom. The Labute approximate surface area is 150 Å². The summed E-state index contributed by atoms with van der Waals surface area (Å²) in [6, 6.07) is 1.60. The fourth-order valence-electron chi connectivity index (χ4n) is 2.84. The molecule has 1 aliphatic carbocycles. The normalized spacial score (nSPS) is 16.1. The first-order chi connectivity index (χ1) is 9.54. The van der Waals surface area contributed by atoms with Crippen LogP contribution in [0.3, 0.4) is 0 Å². The minimum absolute atomic E-state index is 0. The van der Waals surface area contributed by atoms with Crippen molar-refractivity contribution in [3.8, 4) is 0 Å². The van der Waals surface area contributed by atoms with Gasteiger partial charge in [0.05, 0.1) is 0 Å². The zero-order chi connectivity index (χ0) is 14.6. The number of aromatic amines is 1. The highest BCUT2D eigenvalue weighted by Gasteiger charge is 2.33. The van der Waals surface area contributed by atoms with Gasteiger partial charge in [-0.25, -0.2) is 0 Å². The first-order valence-corrected chi connectivity index (χ1v) is 7.72. The van der Waals surface area contributed by atoms with Crippen LogP contribution < -0.4 is 16.6 Å². The highest BCUT2D eigenvalue weighted by molar-refractivity contribution is 9.10. The van der Waals surface area contributed by atoms with E-state index in [9.17, 15) is 9.59 Å². The summed E-state index contributed by atoms with van der Waals surface area (Å²) in [5, 5.41) is 2.69. The third kappa shape index (κ3) is 5.57. The topological polar surface area (TPSA) is 88.0 Å². The average Bonchev–Trinajstić information content (AvgIpc) is 2.44. The van der Waals surface area contributed by atoms with Gasteiger partial charge >= 0.3 is 0 Å². The third-order valence-corrected chi connectivity index (χ3v) is 4.48. The Morgan fingerprint density at radius 3 is 2.55 bits per heavy atom. The van der Waals surface area contributed by atoms with Crippen LogP contribution in [0, 0.1) is 5.41 Å². The number of pyridine rings is 1. The molecule has 22 heavy (non-hydrogen) atoms. The van der Waals surface area contributed by atoms with E-state index < -0.39 is 0 Å². The molecular formula is C14H22BrCl2N3O2. The van der Waals surface area contributed by atoms with Crippen LogP contribution in [0.1, 0.15) is 38.5 Å². The second-order valence-electron chi connectivity index (χ2n) is 5.55. The maximum atomic E-state index is 12.2. The van der Waals surface area contributed by atoms with Crippen molar-refractivity contribution in [2.24, 2.45) is 11.1 Å². The van der Waals surface area contributed by atoms with Crippen molar-refractivity contribution in [3.63, 3.8) is 0 Å². The van der Waals surface area contributed by atoms with E-state index in [0.29, 0.717) is 13.0 Å². The molecule has 4 N–H and O–H groups in total. The van der Waals surface area contributed by atoms with Gasteiger partial charge in [0, 0.05) is 17.1 Å². The number of anilines is 1. The van der Waals surface area contributed by atoms with Gasteiger partial charge in [-0.3, -0.25) is 9.59 Å². The molecule has 0 spiro atoms. The summed E-state index contributed by atoms with van der Waals surface area (Å²) in [5.41, 5.74) is 5.75. The van der Waals surface area contributed by atoms with E-state index in [2.05, 4.69) is 26.2 Å². The summed E-state index contributed by atoms with van der Waals surface area (Å²) in [6.07, 6.45) is 7.38. The quantitative estimate of drug-likeness (QED) is 0.706. The van der Waals surface area contributed by atoms with Gasteiger partial charge in [-0.1, -0.05) is 19.3 Å². The summed E-state index contributed by atoms with van der Waals surface area (Å²) in [6.45, 7) is 0.523. The maximum absolute atomic E-state index is 12.2. The fraction of sp³-hybridized carbons (Fsp3) is 0.571. The number of nitrogens with two attached hydrogens (primary N) is 1. The van der Waals surface area contributed by atoms with Crippen LogP contribution >= 0.6 is 40.7 Å². The predicted molar refractivity (Wildman–Crippen MR) is 97.1 cm³/mol. The average molecular weight is 415 g/mol. The van der Waals surface area contributed by atoms with Crippen LogP contribution in [-0.4, -0.2) is 17.4 Å². The molecule has 1 aromatic heterocycles. The molecular weight excluding hydrogens is 393 g/mol. The monoisotopic (exact) mass is 413 g/mol. The number of H-pyrrole nitrogens is 1. The Hall–Kier alpha value is -0.560. The van der Waals surface area contributed by atoms with Gasteiger partial charge in [-0.15, -0.1) is 24.8 Å². The van der Waals surface area contributed by atoms with E-state index in [1.54, 1.807) is 12.3 Å². The zero-order valence-electron chi connectivity index (χ0n) is 12.2. The molecule has 1 aliphatic rings. The lowest BCUT2D eigenvalue weighted by Crippen LogP contribution is -2.37. The van der Waals surface area contributed by atoms with Crippen LogP contribution in [0.4, 0.5) is 5.69 Å². The number of carbonyl (C=O) groups is 1. The lowest BCUT2D eigenvalue weighted by Gasteiger charge is -2.35. The highest BCUT2D eigenvalue weighted by atomic mass is 79.9. The molecule has 0 saturated heterocycles. The molecule has 1 heterocycles. The molecule has 2 rings (SSSR count). The van der Waals surface area contributed by atoms with Crippen molar-refractivity contribution >= 4 is 52.3 Å². The van der Waals surface area contributed by atoms with E-state index in [1.807, 2.05) is 0 Å². The fourth-order valence-corrected chi connectivity index (χ4v) is 3.18. The van der Waals surface area contributed by atoms with Gasteiger partial charge in [0.25, 0.3) is 5.56 Å². The number of rotatable bonds is 4. The molecule has 0 atom stereocenters. The lowest BCUT2D eigenvalue weighted by molar-refractivity contribution is -0.118. The molecule has 1 fully saturated rings. The van der Waals surface area contributed by atoms with Crippen molar-refractivity contribution in [1.29, 1.82) is 0 Å². The standard InChI is InChI=1S/C14H20BrN3O2.2ClH/c15-10-6-11(13(20)17-8-10)18-12(19)7-14(9-16)4-2-1-3-5-14;;/h6,8H,1-5,7,9,16H2,(H,17,20)(H,18,19);2*1H. The number of halogens is 3. The Kier molecular flexibility index (Phi) is 9.31. The van der Waals surface area contributed by atoms with Crippen LogP contribution in [0.5, 0.6) is 0 Å². The molecule has 1 saturated carbocycles. The highest BCUT2D eigenvalue weighted by Crippen LogP contribution is 2.38. The van der Waals surface area contributed by atoms with Crippen molar-refractivity contribution in [1.82, 2.24) is 4.98 Å². The van der Waals surface area contributed by atoms with E-state index in [4.69, 9.17) is 5.73 Å². The maximum Gasteiger partial charge on any atom is 0.271 e. The van der Waals surface area contributed by atoms with Gasteiger partial charge < -0.3 is 16.0 Å². The Balaban J connectivity index is 0.00000220. The zero-order valence-corrected chi connectivity index (χ0v) is 15.4. The van der Waals surface area contributed by atoms with Crippen LogP contribution in [0.2, 0.25) is 0 Å². The second-order valence-corrected chi connectivity index (χ2v) is 6.47. The molecule has 0 bridgehead atoms. The molecule has 1 amide bonds. The molecule has 0 unspecified atom stereocenters. The third-order valence-electron chi connectivity index (χ3n) is 4.02. The number of hydrogen-bond donors (Lipinski definition) is 3. The van der Waals surface area contributed by atoms with Gasteiger partial charge in [0.2, 0.25) is 5.91 Å². The summed E-state index contributed by atoms with van der Waals surface area (Å²) in [7, 11) is 0. The van der Waals surface area contributed by atoms with E-state index in [0.717, 1.165) is 30.2 Å². The Bertz CT molecular complexity index is 545. The largest absolute Gasteiger partial charge is 0.330 e. The predicted octanol–water partition coefficient (Wildman–Crippen LogP) is 3.22. The molecule has 0 aromatic carbocycles. The van der Waals surface area contributed by atoms with Gasteiger partial charge in [-0.2, -0.15) is 0 Å². The van der Waals surface area contributed by atoms with Crippen LogP contribution in [-0.2, 0) is 4.79 Å². The second kappa shape index (κ2) is 9.55. The summed E-state index contributed by atoms with van der Waals surface area (Å²) >= 11 is 3.27. The van der Waals surface area contributed by atoms with E-state index in [1.165, 1.54) is 6.42 Å². The molecule has 1 aromatic rings. The summed E-state index contributed by atoms with van der Waals surface area (Å²) in [5.74, 6) is -0.138. The SMILES string of the molecule is Cl.Cl.NCC1(CC(=O)Nc2cc(Br)c[nH]c2=O)CCCCC1. The summed E-state index contributed by atoms with van der Waals surface area (Å²) < 4.78 is 0.721.